The number of hydrogen-bond acceptors (Lipinski definition) is 12. The average molecular weight is 595 g/mol. The van der Waals surface area contributed by atoms with Crippen LogP contribution in [0.3, 0.4) is 0 Å². The van der Waals surface area contributed by atoms with Crippen LogP contribution in [-0.2, 0) is 57.1 Å². The second-order valence-corrected chi connectivity index (χ2v) is 8.76. The molecule has 0 saturated heterocycles. The van der Waals surface area contributed by atoms with Crippen molar-refractivity contribution in [3.63, 3.8) is 0 Å². The van der Waals surface area contributed by atoms with Crippen LogP contribution in [0.5, 0.6) is 0 Å². The first-order chi connectivity index (χ1) is 20.0. The predicted molar refractivity (Wildman–Crippen MR) is 148 cm³/mol. The molecule has 0 unspecified atom stereocenters. The fourth-order valence-electron chi connectivity index (χ4n) is 2.95. The largest absolute Gasteiger partial charge is 0.379 e. The van der Waals surface area contributed by atoms with E-state index in [2.05, 4.69) is 12.2 Å². The summed E-state index contributed by atoms with van der Waals surface area (Å²) in [6.45, 7) is 7.25. The summed E-state index contributed by atoms with van der Waals surface area (Å²) in [7, 11) is 0. The van der Waals surface area contributed by atoms with Gasteiger partial charge in [-0.2, -0.15) is 0 Å². The van der Waals surface area contributed by atoms with Crippen molar-refractivity contribution in [2.45, 2.75) is 39.0 Å². The van der Waals surface area contributed by atoms with E-state index in [0.29, 0.717) is 105 Å². The maximum atomic E-state index is 11.9. The number of hydrogen-bond donors (Lipinski definition) is 2. The van der Waals surface area contributed by atoms with Gasteiger partial charge in [-0.05, 0) is 19.3 Å². The summed E-state index contributed by atoms with van der Waals surface area (Å²) >= 11 is 0. The average Bonchev–Trinajstić information content (AvgIpc) is 2.94. The second kappa shape index (κ2) is 30.9. The Kier molecular flexibility index (Phi) is 29.4. The summed E-state index contributed by atoms with van der Waals surface area (Å²) in [5, 5.41) is 2.57. The van der Waals surface area contributed by atoms with Crippen molar-refractivity contribution >= 4 is 23.4 Å². The fourth-order valence-corrected chi connectivity index (χ4v) is 2.95. The number of ether oxygens (including phenoxy) is 8. The number of amides is 2. The smallest absolute Gasteiger partial charge is 0.246 e. The van der Waals surface area contributed by atoms with Gasteiger partial charge in [-0.25, -0.2) is 0 Å². The Morgan fingerprint density at radius 2 is 0.927 bits per heavy atom. The molecule has 0 spiro atoms. The molecule has 0 aromatic heterocycles. The highest BCUT2D eigenvalue weighted by molar-refractivity contribution is 5.82. The van der Waals surface area contributed by atoms with E-state index in [-0.39, 0.29) is 43.9 Å². The lowest BCUT2D eigenvalue weighted by atomic mass is 10.2. The van der Waals surface area contributed by atoms with Crippen LogP contribution in [0.4, 0.5) is 0 Å². The Hall–Kier alpha value is -2.04. The number of carbonyl (C=O) groups is 4. The molecule has 0 atom stereocenters. The van der Waals surface area contributed by atoms with E-state index in [0.717, 1.165) is 13.0 Å². The molecule has 0 aromatic rings. The molecule has 0 aromatic carbocycles. The van der Waals surface area contributed by atoms with Crippen molar-refractivity contribution in [3.05, 3.63) is 0 Å². The molecule has 2 amide bonds. The van der Waals surface area contributed by atoms with Gasteiger partial charge < -0.3 is 48.9 Å². The van der Waals surface area contributed by atoms with Gasteiger partial charge in [-0.15, -0.1) is 0 Å². The fraction of sp³-hybridized carbons (Fsp3) is 0.852. The van der Waals surface area contributed by atoms with E-state index in [4.69, 9.17) is 43.6 Å². The van der Waals surface area contributed by atoms with Crippen LogP contribution in [0.2, 0.25) is 0 Å². The zero-order chi connectivity index (χ0) is 30.2. The molecule has 0 bridgehead atoms. The lowest BCUT2D eigenvalue weighted by molar-refractivity contribution is -0.130. The summed E-state index contributed by atoms with van der Waals surface area (Å²) in [4.78, 5) is 45.6. The van der Waals surface area contributed by atoms with Crippen LogP contribution < -0.4 is 11.1 Å². The van der Waals surface area contributed by atoms with Crippen molar-refractivity contribution in [3.8, 4) is 0 Å². The number of primary amides is 1. The Morgan fingerprint density at radius 1 is 0.512 bits per heavy atom. The topological polar surface area (TPSA) is 180 Å². The highest BCUT2D eigenvalue weighted by Crippen LogP contribution is 1.97. The van der Waals surface area contributed by atoms with Crippen molar-refractivity contribution in [1.29, 1.82) is 0 Å². The number of ketones is 2. The molecule has 14 nitrogen and oxygen atoms in total. The first-order valence-corrected chi connectivity index (χ1v) is 14.2. The van der Waals surface area contributed by atoms with E-state index in [1.165, 1.54) is 0 Å². The second-order valence-electron chi connectivity index (χ2n) is 8.76. The number of carbonyl (C=O) groups excluding carboxylic acids is 4. The van der Waals surface area contributed by atoms with Crippen LogP contribution in [0.1, 0.15) is 39.0 Å². The molecular formula is C27H50N2O12. The third-order valence-corrected chi connectivity index (χ3v) is 4.90. The molecule has 0 saturated carbocycles. The van der Waals surface area contributed by atoms with Gasteiger partial charge in [0.15, 0.2) is 11.6 Å². The third-order valence-electron chi connectivity index (χ3n) is 4.90. The van der Waals surface area contributed by atoms with Crippen LogP contribution in [-0.4, -0.2) is 136 Å². The Morgan fingerprint density at radius 3 is 1.39 bits per heavy atom. The molecule has 41 heavy (non-hydrogen) atoms. The van der Waals surface area contributed by atoms with Gasteiger partial charge in [0.1, 0.15) is 26.4 Å². The standard InChI is InChI=1S/C27H50N2O12/c1-2-8-34-12-16-38-17-13-35-9-3-5-24(30)20-40-21-25(31)6-4-10-36-14-18-39-19-15-37-11-7-29-27(33)23-41-22-26(28)32/h2-23H2,1H3,(H2,28,32)(H,29,33). The van der Waals surface area contributed by atoms with E-state index in [1.54, 1.807) is 0 Å². The molecule has 0 radical (unpaired) electrons. The molecular weight excluding hydrogens is 544 g/mol. The predicted octanol–water partition coefficient (Wildman–Crippen LogP) is -0.171. The lowest BCUT2D eigenvalue weighted by Crippen LogP contribution is -2.32. The molecule has 14 heteroatoms. The summed E-state index contributed by atoms with van der Waals surface area (Å²) in [6.07, 6.45) is 2.81. The van der Waals surface area contributed by atoms with E-state index >= 15 is 0 Å². The van der Waals surface area contributed by atoms with E-state index in [9.17, 15) is 19.2 Å². The number of nitrogens with one attached hydrogen (secondary N) is 1. The highest BCUT2D eigenvalue weighted by Gasteiger charge is 2.06. The zero-order valence-electron chi connectivity index (χ0n) is 24.5. The minimum atomic E-state index is -0.634. The van der Waals surface area contributed by atoms with Crippen molar-refractivity contribution in [1.82, 2.24) is 5.32 Å². The molecule has 3 N–H and O–H groups in total. The maximum absolute atomic E-state index is 11.9. The Balaban J connectivity index is 3.32. The summed E-state index contributed by atoms with van der Waals surface area (Å²) in [6, 6.07) is 0. The van der Waals surface area contributed by atoms with Gasteiger partial charge in [-0.3, -0.25) is 19.2 Å². The minimum Gasteiger partial charge on any atom is -0.379 e. The molecule has 0 aliphatic heterocycles. The molecule has 240 valence electrons. The van der Waals surface area contributed by atoms with Crippen LogP contribution >= 0.6 is 0 Å². The number of rotatable bonds is 33. The summed E-state index contributed by atoms with van der Waals surface area (Å²) in [5.74, 6) is -1.13. The molecule has 0 aliphatic rings. The minimum absolute atomic E-state index is 0.0601. The Labute approximate surface area is 243 Å². The molecule has 0 aliphatic carbocycles. The van der Waals surface area contributed by atoms with Crippen LogP contribution in [0, 0.1) is 0 Å². The van der Waals surface area contributed by atoms with Gasteiger partial charge >= 0.3 is 0 Å². The third kappa shape index (κ3) is 32.3. The van der Waals surface area contributed by atoms with Crippen molar-refractivity contribution in [2.24, 2.45) is 5.73 Å². The van der Waals surface area contributed by atoms with Crippen LogP contribution in [0.15, 0.2) is 0 Å². The number of Topliss-reactive ketones (excluding diaryl/α,β-unsaturated/α-hetero) is 2. The maximum Gasteiger partial charge on any atom is 0.246 e. The van der Waals surface area contributed by atoms with E-state index < -0.39 is 5.91 Å². The zero-order valence-corrected chi connectivity index (χ0v) is 24.5. The van der Waals surface area contributed by atoms with Gasteiger partial charge in [0.2, 0.25) is 11.8 Å². The van der Waals surface area contributed by atoms with Gasteiger partial charge in [0.25, 0.3) is 0 Å². The lowest BCUT2D eigenvalue weighted by Gasteiger charge is -2.08. The highest BCUT2D eigenvalue weighted by atomic mass is 16.5. The first-order valence-electron chi connectivity index (χ1n) is 14.2. The van der Waals surface area contributed by atoms with Gasteiger partial charge in [0.05, 0.1) is 59.5 Å². The van der Waals surface area contributed by atoms with Crippen molar-refractivity contribution in [2.75, 3.05) is 112 Å². The normalized spacial score (nSPS) is 11.0. The number of nitrogens with two attached hydrogens (primary N) is 1. The summed E-state index contributed by atoms with van der Waals surface area (Å²) < 4.78 is 42.2. The first kappa shape index (κ1) is 39.0. The molecule has 0 rings (SSSR count). The molecule has 0 heterocycles. The van der Waals surface area contributed by atoms with Crippen LogP contribution in [0.25, 0.3) is 0 Å². The van der Waals surface area contributed by atoms with Crippen molar-refractivity contribution < 1.29 is 57.1 Å². The molecule has 0 fully saturated rings. The Bertz CT molecular complexity index is 666. The van der Waals surface area contributed by atoms with E-state index in [1.807, 2.05) is 0 Å². The van der Waals surface area contributed by atoms with Gasteiger partial charge in [-0.1, -0.05) is 6.92 Å². The SMILES string of the molecule is CCCOCCOCCOCCCC(=O)COCC(=O)CCCOCCOCCOCCNC(=O)COCC(N)=O. The quantitative estimate of drug-likeness (QED) is 0.0959. The summed E-state index contributed by atoms with van der Waals surface area (Å²) in [5.41, 5.74) is 4.90. The monoisotopic (exact) mass is 594 g/mol. The van der Waals surface area contributed by atoms with Gasteiger partial charge in [0, 0.05) is 39.2 Å².